The van der Waals surface area contributed by atoms with Gasteiger partial charge in [-0.15, -0.1) is 0 Å². The van der Waals surface area contributed by atoms with E-state index >= 15 is 0 Å². The molecule has 1 aromatic rings. The molecule has 0 aliphatic carbocycles. The fourth-order valence-corrected chi connectivity index (χ4v) is 2.54. The first-order valence-electron chi connectivity index (χ1n) is 6.17. The number of ether oxygens (including phenoxy) is 1. The van der Waals surface area contributed by atoms with Crippen LogP contribution in [-0.2, 0) is 11.2 Å². The number of hydrogen-bond donors (Lipinski definition) is 2. The van der Waals surface area contributed by atoms with Crippen LogP contribution in [0.4, 0.5) is 4.39 Å². The third-order valence-electron chi connectivity index (χ3n) is 3.35. The van der Waals surface area contributed by atoms with Crippen LogP contribution in [0.2, 0.25) is 5.02 Å². The summed E-state index contributed by atoms with van der Waals surface area (Å²) in [6, 6.07) is 4.65. The Hall–Kier alpha value is -0.680. The van der Waals surface area contributed by atoms with Gasteiger partial charge in [-0.25, -0.2) is 4.39 Å². The normalized spacial score (nSPS) is 21.2. The summed E-state index contributed by atoms with van der Waals surface area (Å²) in [5.74, 6) is 5.81. The molecular formula is C13H18ClFN2O. The van der Waals surface area contributed by atoms with Crippen molar-refractivity contribution in [2.75, 3.05) is 13.2 Å². The van der Waals surface area contributed by atoms with Gasteiger partial charge in [0.25, 0.3) is 0 Å². The minimum Gasteiger partial charge on any atom is -0.381 e. The van der Waals surface area contributed by atoms with Gasteiger partial charge in [0.05, 0.1) is 0 Å². The second kappa shape index (κ2) is 6.48. The van der Waals surface area contributed by atoms with Crippen LogP contribution >= 0.6 is 11.6 Å². The van der Waals surface area contributed by atoms with Crippen molar-refractivity contribution in [1.82, 2.24) is 5.43 Å². The summed E-state index contributed by atoms with van der Waals surface area (Å²) < 4.78 is 19.0. The van der Waals surface area contributed by atoms with Crippen molar-refractivity contribution in [3.63, 3.8) is 0 Å². The van der Waals surface area contributed by atoms with E-state index in [-0.39, 0.29) is 11.9 Å². The van der Waals surface area contributed by atoms with Crippen LogP contribution in [0.15, 0.2) is 18.2 Å². The second-order valence-electron chi connectivity index (χ2n) is 4.77. The number of hydrazine groups is 1. The molecule has 2 rings (SSSR count). The molecule has 1 aromatic carbocycles. The minimum atomic E-state index is -0.234. The first-order valence-corrected chi connectivity index (χ1v) is 6.54. The van der Waals surface area contributed by atoms with E-state index in [4.69, 9.17) is 22.2 Å². The van der Waals surface area contributed by atoms with Gasteiger partial charge in [0.15, 0.2) is 0 Å². The van der Waals surface area contributed by atoms with E-state index in [9.17, 15) is 4.39 Å². The lowest BCUT2D eigenvalue weighted by Gasteiger charge is -2.19. The Balaban J connectivity index is 1.98. The summed E-state index contributed by atoms with van der Waals surface area (Å²) in [7, 11) is 0. The molecule has 18 heavy (non-hydrogen) atoms. The number of hydrogen-bond acceptors (Lipinski definition) is 3. The summed E-state index contributed by atoms with van der Waals surface area (Å²) in [5.41, 5.74) is 3.36. The third-order valence-corrected chi connectivity index (χ3v) is 3.59. The molecule has 1 heterocycles. The Bertz CT molecular complexity index is 397. The summed E-state index contributed by atoms with van der Waals surface area (Å²) >= 11 is 5.88. The van der Waals surface area contributed by atoms with E-state index in [0.717, 1.165) is 26.1 Å². The van der Waals surface area contributed by atoms with Gasteiger partial charge in [-0.1, -0.05) is 11.6 Å². The number of nitrogens with two attached hydrogens (primary N) is 1. The molecule has 0 bridgehead atoms. The third kappa shape index (κ3) is 3.65. The fourth-order valence-electron chi connectivity index (χ4n) is 2.35. The number of nitrogens with one attached hydrogen (secondary N) is 1. The fraction of sp³-hybridized carbons (Fsp3) is 0.538. The second-order valence-corrected chi connectivity index (χ2v) is 5.21. The topological polar surface area (TPSA) is 47.3 Å². The molecular weight excluding hydrogens is 255 g/mol. The highest BCUT2D eigenvalue weighted by molar-refractivity contribution is 6.30. The van der Waals surface area contributed by atoms with Crippen molar-refractivity contribution in [3.8, 4) is 0 Å². The van der Waals surface area contributed by atoms with E-state index in [2.05, 4.69) is 5.43 Å². The molecule has 1 saturated heterocycles. The number of rotatable bonds is 5. The molecule has 0 amide bonds. The molecule has 0 spiro atoms. The molecule has 1 fully saturated rings. The van der Waals surface area contributed by atoms with E-state index in [0.29, 0.717) is 22.9 Å². The van der Waals surface area contributed by atoms with E-state index in [1.165, 1.54) is 6.07 Å². The van der Waals surface area contributed by atoms with Crippen molar-refractivity contribution in [2.24, 2.45) is 11.8 Å². The lowest BCUT2D eigenvalue weighted by molar-refractivity contribution is 0.181. The average molecular weight is 273 g/mol. The highest BCUT2D eigenvalue weighted by Crippen LogP contribution is 2.22. The first-order chi connectivity index (χ1) is 8.69. The van der Waals surface area contributed by atoms with Crippen LogP contribution in [0.3, 0.4) is 0 Å². The molecule has 0 aromatic heterocycles. The number of halogens is 2. The Kier molecular flexibility index (Phi) is 4.95. The predicted molar refractivity (Wildman–Crippen MR) is 69.8 cm³/mol. The lowest BCUT2D eigenvalue weighted by Crippen LogP contribution is -2.38. The molecule has 2 unspecified atom stereocenters. The Morgan fingerprint density at radius 2 is 2.39 bits per heavy atom. The zero-order valence-electron chi connectivity index (χ0n) is 10.2. The number of benzene rings is 1. The summed E-state index contributed by atoms with van der Waals surface area (Å²) in [5, 5.41) is 0.548. The molecule has 5 heteroatoms. The zero-order valence-corrected chi connectivity index (χ0v) is 10.9. The van der Waals surface area contributed by atoms with Crippen LogP contribution in [0.5, 0.6) is 0 Å². The summed E-state index contributed by atoms with van der Waals surface area (Å²) in [4.78, 5) is 0. The standard InChI is InChI=1S/C13H18ClFN2O/c14-11-1-2-13(15)10(6-11)7-12(17-16)5-9-3-4-18-8-9/h1-2,6,9,12,17H,3-5,7-8,16H2. The minimum absolute atomic E-state index is 0.0460. The maximum atomic E-state index is 13.6. The smallest absolute Gasteiger partial charge is 0.126 e. The van der Waals surface area contributed by atoms with Gasteiger partial charge < -0.3 is 4.74 Å². The van der Waals surface area contributed by atoms with Gasteiger partial charge in [0, 0.05) is 24.3 Å². The maximum absolute atomic E-state index is 13.6. The summed E-state index contributed by atoms with van der Waals surface area (Å²) in [6.07, 6.45) is 2.48. The van der Waals surface area contributed by atoms with Crippen molar-refractivity contribution in [3.05, 3.63) is 34.6 Å². The Morgan fingerprint density at radius 3 is 3.06 bits per heavy atom. The molecule has 3 nitrogen and oxygen atoms in total. The molecule has 1 aliphatic heterocycles. The lowest BCUT2D eigenvalue weighted by atomic mass is 9.95. The van der Waals surface area contributed by atoms with E-state index in [1.54, 1.807) is 12.1 Å². The largest absolute Gasteiger partial charge is 0.381 e. The molecule has 1 aliphatic rings. The van der Waals surface area contributed by atoms with Crippen LogP contribution in [-0.4, -0.2) is 19.3 Å². The monoisotopic (exact) mass is 272 g/mol. The molecule has 100 valence electrons. The maximum Gasteiger partial charge on any atom is 0.126 e. The van der Waals surface area contributed by atoms with Gasteiger partial charge in [-0.2, -0.15) is 0 Å². The van der Waals surface area contributed by atoms with Crippen LogP contribution in [0.25, 0.3) is 0 Å². The Morgan fingerprint density at radius 1 is 1.56 bits per heavy atom. The van der Waals surface area contributed by atoms with Gasteiger partial charge in [-0.3, -0.25) is 11.3 Å². The predicted octanol–water partition coefficient (Wildman–Crippen LogP) is 2.28. The highest BCUT2D eigenvalue weighted by atomic mass is 35.5. The molecule has 0 radical (unpaired) electrons. The van der Waals surface area contributed by atoms with Gasteiger partial charge >= 0.3 is 0 Å². The van der Waals surface area contributed by atoms with E-state index in [1.807, 2.05) is 0 Å². The Labute approximate surface area is 111 Å². The van der Waals surface area contributed by atoms with Crippen molar-refractivity contribution < 1.29 is 9.13 Å². The quantitative estimate of drug-likeness (QED) is 0.639. The van der Waals surface area contributed by atoms with Crippen molar-refractivity contribution in [2.45, 2.75) is 25.3 Å². The highest BCUT2D eigenvalue weighted by Gasteiger charge is 2.21. The van der Waals surface area contributed by atoms with Crippen molar-refractivity contribution in [1.29, 1.82) is 0 Å². The van der Waals surface area contributed by atoms with Gasteiger partial charge in [-0.05, 0) is 48.9 Å². The zero-order chi connectivity index (χ0) is 13.0. The molecule has 2 atom stereocenters. The van der Waals surface area contributed by atoms with Crippen LogP contribution < -0.4 is 11.3 Å². The SMILES string of the molecule is NNC(Cc1cc(Cl)ccc1F)CC1CCOC1. The molecule has 0 saturated carbocycles. The average Bonchev–Trinajstić information content (AvgIpc) is 2.85. The first kappa shape index (κ1) is 13.7. The van der Waals surface area contributed by atoms with E-state index < -0.39 is 0 Å². The van der Waals surface area contributed by atoms with Crippen LogP contribution in [0.1, 0.15) is 18.4 Å². The van der Waals surface area contributed by atoms with Crippen molar-refractivity contribution >= 4 is 11.6 Å². The summed E-state index contributed by atoms with van der Waals surface area (Å²) in [6.45, 7) is 1.59. The van der Waals surface area contributed by atoms with Crippen LogP contribution in [0, 0.1) is 11.7 Å². The van der Waals surface area contributed by atoms with Gasteiger partial charge in [0.2, 0.25) is 0 Å². The molecule has 3 N–H and O–H groups in total. The van der Waals surface area contributed by atoms with Gasteiger partial charge in [0.1, 0.15) is 5.82 Å².